The standard InChI is InChI=1S/C13H11N3O3/c1-2-5-16-13(10(7-17)14-15-16)9-3-4-11-12(6-9)19-8-18-11/h2-4,6-7H,1,5,8H2. The minimum absolute atomic E-state index is 0.212. The van der Waals surface area contributed by atoms with E-state index in [4.69, 9.17) is 9.47 Å². The normalized spacial score (nSPS) is 12.4. The number of aldehydes is 1. The average Bonchev–Trinajstić information content (AvgIpc) is 3.04. The summed E-state index contributed by atoms with van der Waals surface area (Å²) in [6.45, 7) is 4.35. The van der Waals surface area contributed by atoms with Crippen molar-refractivity contribution < 1.29 is 14.3 Å². The number of hydrogen-bond acceptors (Lipinski definition) is 5. The van der Waals surface area contributed by atoms with Gasteiger partial charge in [0.1, 0.15) is 0 Å². The number of rotatable bonds is 4. The lowest BCUT2D eigenvalue weighted by atomic mass is 10.1. The second-order valence-corrected chi connectivity index (χ2v) is 3.98. The van der Waals surface area contributed by atoms with Crippen LogP contribution in [0.1, 0.15) is 10.5 Å². The Balaban J connectivity index is 2.12. The molecule has 19 heavy (non-hydrogen) atoms. The highest BCUT2D eigenvalue weighted by Gasteiger charge is 2.18. The summed E-state index contributed by atoms with van der Waals surface area (Å²) in [7, 11) is 0. The van der Waals surface area contributed by atoms with E-state index >= 15 is 0 Å². The zero-order chi connectivity index (χ0) is 13.2. The van der Waals surface area contributed by atoms with Gasteiger partial charge in [-0.2, -0.15) is 0 Å². The maximum atomic E-state index is 11.1. The Morgan fingerprint density at radius 3 is 3.00 bits per heavy atom. The molecule has 0 N–H and O–H groups in total. The molecule has 0 atom stereocenters. The lowest BCUT2D eigenvalue weighted by molar-refractivity contribution is 0.111. The van der Waals surface area contributed by atoms with Crippen molar-refractivity contribution >= 4 is 6.29 Å². The maximum absolute atomic E-state index is 11.1. The van der Waals surface area contributed by atoms with Gasteiger partial charge in [0.25, 0.3) is 0 Å². The van der Waals surface area contributed by atoms with Gasteiger partial charge >= 0.3 is 0 Å². The smallest absolute Gasteiger partial charge is 0.231 e. The zero-order valence-electron chi connectivity index (χ0n) is 10.1. The van der Waals surface area contributed by atoms with Crippen LogP contribution in [0.5, 0.6) is 11.5 Å². The van der Waals surface area contributed by atoms with Crippen LogP contribution in [0.2, 0.25) is 0 Å². The third-order valence-electron chi connectivity index (χ3n) is 2.82. The first-order chi connectivity index (χ1) is 9.33. The van der Waals surface area contributed by atoms with E-state index in [-0.39, 0.29) is 6.79 Å². The molecule has 2 heterocycles. The summed E-state index contributed by atoms with van der Waals surface area (Å²) >= 11 is 0. The van der Waals surface area contributed by atoms with Crippen molar-refractivity contribution in [2.24, 2.45) is 0 Å². The highest BCUT2D eigenvalue weighted by atomic mass is 16.7. The van der Waals surface area contributed by atoms with Gasteiger partial charge in [-0.1, -0.05) is 11.3 Å². The van der Waals surface area contributed by atoms with Crippen LogP contribution in [0.4, 0.5) is 0 Å². The summed E-state index contributed by atoms with van der Waals surface area (Å²) < 4.78 is 12.2. The highest BCUT2D eigenvalue weighted by Crippen LogP contribution is 2.36. The summed E-state index contributed by atoms with van der Waals surface area (Å²) in [6, 6.07) is 5.46. The van der Waals surface area contributed by atoms with E-state index in [1.165, 1.54) is 0 Å². The second-order valence-electron chi connectivity index (χ2n) is 3.98. The van der Waals surface area contributed by atoms with Crippen molar-refractivity contribution in [1.29, 1.82) is 0 Å². The molecule has 6 heteroatoms. The van der Waals surface area contributed by atoms with Gasteiger partial charge in [0.05, 0.1) is 12.2 Å². The molecule has 0 aliphatic carbocycles. The van der Waals surface area contributed by atoms with Gasteiger partial charge < -0.3 is 9.47 Å². The van der Waals surface area contributed by atoms with Gasteiger partial charge in [0, 0.05) is 5.56 Å². The molecule has 1 aromatic heterocycles. The predicted octanol–water partition coefficient (Wildman–Crippen LogP) is 1.67. The quantitative estimate of drug-likeness (QED) is 0.615. The lowest BCUT2D eigenvalue weighted by Crippen LogP contribution is -2.01. The lowest BCUT2D eigenvalue weighted by Gasteiger charge is -2.05. The first-order valence-corrected chi connectivity index (χ1v) is 5.73. The van der Waals surface area contributed by atoms with Crippen LogP contribution in [0.15, 0.2) is 30.9 Å². The molecular weight excluding hydrogens is 246 g/mol. The fourth-order valence-electron chi connectivity index (χ4n) is 2.00. The summed E-state index contributed by atoms with van der Waals surface area (Å²) in [4.78, 5) is 11.1. The van der Waals surface area contributed by atoms with Crippen LogP contribution in [0.3, 0.4) is 0 Å². The summed E-state index contributed by atoms with van der Waals surface area (Å²) in [5, 5.41) is 7.79. The first kappa shape index (κ1) is 11.5. The largest absolute Gasteiger partial charge is 0.454 e. The topological polar surface area (TPSA) is 66.2 Å². The number of hydrogen-bond donors (Lipinski definition) is 0. The van der Waals surface area contributed by atoms with Crippen LogP contribution >= 0.6 is 0 Å². The van der Waals surface area contributed by atoms with Crippen LogP contribution in [-0.4, -0.2) is 28.1 Å². The number of benzene rings is 1. The van der Waals surface area contributed by atoms with Crippen molar-refractivity contribution in [3.8, 4) is 22.8 Å². The van der Waals surface area contributed by atoms with E-state index in [0.717, 1.165) is 5.56 Å². The number of aromatic nitrogens is 3. The van der Waals surface area contributed by atoms with E-state index in [0.29, 0.717) is 35.7 Å². The Morgan fingerprint density at radius 2 is 2.21 bits per heavy atom. The minimum atomic E-state index is 0.212. The molecule has 1 aromatic carbocycles. The molecule has 0 unspecified atom stereocenters. The molecule has 0 bridgehead atoms. The molecule has 6 nitrogen and oxygen atoms in total. The highest BCUT2D eigenvalue weighted by molar-refractivity contribution is 5.83. The Bertz CT molecular complexity index is 649. The van der Waals surface area contributed by atoms with E-state index in [1.807, 2.05) is 12.1 Å². The van der Waals surface area contributed by atoms with E-state index in [2.05, 4.69) is 16.9 Å². The average molecular weight is 257 g/mol. The molecule has 0 saturated carbocycles. The summed E-state index contributed by atoms with van der Waals surface area (Å²) in [6.07, 6.45) is 2.38. The summed E-state index contributed by atoms with van der Waals surface area (Å²) in [5.74, 6) is 1.35. The SMILES string of the molecule is C=CCn1nnc(C=O)c1-c1ccc2c(c1)OCO2. The Morgan fingerprint density at radius 1 is 1.37 bits per heavy atom. The monoisotopic (exact) mass is 257 g/mol. The zero-order valence-corrected chi connectivity index (χ0v) is 10.1. The van der Waals surface area contributed by atoms with E-state index < -0.39 is 0 Å². The van der Waals surface area contributed by atoms with E-state index in [1.54, 1.807) is 16.8 Å². The molecule has 0 radical (unpaired) electrons. The Kier molecular flexibility index (Phi) is 2.75. The molecule has 1 aliphatic rings. The van der Waals surface area contributed by atoms with Crippen molar-refractivity contribution in [2.45, 2.75) is 6.54 Å². The summed E-state index contributed by atoms with van der Waals surface area (Å²) in [5.41, 5.74) is 1.74. The number of carbonyl (C=O) groups excluding carboxylic acids is 1. The van der Waals surface area contributed by atoms with Crippen LogP contribution in [0, 0.1) is 0 Å². The number of ether oxygens (including phenoxy) is 2. The molecule has 0 fully saturated rings. The van der Waals surface area contributed by atoms with Crippen LogP contribution in [0.25, 0.3) is 11.3 Å². The molecule has 0 saturated heterocycles. The second kappa shape index (κ2) is 4.56. The number of allylic oxidation sites excluding steroid dienone is 1. The molecular formula is C13H11N3O3. The maximum Gasteiger partial charge on any atom is 0.231 e. The molecule has 0 spiro atoms. The van der Waals surface area contributed by atoms with E-state index in [9.17, 15) is 4.79 Å². The van der Waals surface area contributed by atoms with Crippen molar-refractivity contribution in [2.75, 3.05) is 6.79 Å². The number of fused-ring (bicyclic) bond motifs is 1. The number of carbonyl (C=O) groups is 1. The third kappa shape index (κ3) is 1.87. The fourth-order valence-corrected chi connectivity index (χ4v) is 2.00. The fraction of sp³-hybridized carbons (Fsp3) is 0.154. The Hall–Kier alpha value is -2.63. The van der Waals surface area contributed by atoms with Gasteiger partial charge in [-0.3, -0.25) is 4.79 Å². The Labute approximate surface area is 109 Å². The van der Waals surface area contributed by atoms with Crippen molar-refractivity contribution in [3.63, 3.8) is 0 Å². The third-order valence-corrected chi connectivity index (χ3v) is 2.82. The van der Waals surface area contributed by atoms with Gasteiger partial charge in [-0.15, -0.1) is 11.7 Å². The molecule has 1 aliphatic heterocycles. The predicted molar refractivity (Wildman–Crippen MR) is 67.2 cm³/mol. The molecule has 2 aromatic rings. The van der Waals surface area contributed by atoms with Gasteiger partial charge in [0.15, 0.2) is 23.5 Å². The molecule has 0 amide bonds. The van der Waals surface area contributed by atoms with Crippen LogP contribution in [-0.2, 0) is 6.54 Å². The van der Waals surface area contributed by atoms with Gasteiger partial charge in [-0.25, -0.2) is 4.68 Å². The molecule has 3 rings (SSSR count). The number of nitrogens with zero attached hydrogens (tertiary/aromatic N) is 3. The van der Waals surface area contributed by atoms with Gasteiger partial charge in [0.2, 0.25) is 6.79 Å². The van der Waals surface area contributed by atoms with Crippen LogP contribution < -0.4 is 9.47 Å². The minimum Gasteiger partial charge on any atom is -0.454 e. The van der Waals surface area contributed by atoms with Crippen molar-refractivity contribution in [3.05, 3.63) is 36.5 Å². The van der Waals surface area contributed by atoms with Crippen molar-refractivity contribution in [1.82, 2.24) is 15.0 Å². The van der Waals surface area contributed by atoms with Gasteiger partial charge in [-0.05, 0) is 18.2 Å². The first-order valence-electron chi connectivity index (χ1n) is 5.73. The molecule has 96 valence electrons.